The highest BCUT2D eigenvalue weighted by molar-refractivity contribution is 5.92. The molecular weight excluding hydrogens is 216 g/mol. The van der Waals surface area contributed by atoms with Gasteiger partial charge in [-0.15, -0.1) is 0 Å². The molecule has 2 rings (SSSR count). The summed E-state index contributed by atoms with van der Waals surface area (Å²) in [6.07, 6.45) is 0. The Bertz CT molecular complexity index is 422. The summed E-state index contributed by atoms with van der Waals surface area (Å²) < 4.78 is 1.91. The SMILES string of the molecule is CC(C)C1CNc2cc(C(=O)N(C)C)nn2C1. The molecule has 1 aliphatic rings. The van der Waals surface area contributed by atoms with Gasteiger partial charge in [0.15, 0.2) is 5.69 Å². The highest BCUT2D eigenvalue weighted by Crippen LogP contribution is 2.23. The summed E-state index contributed by atoms with van der Waals surface area (Å²) in [6, 6.07) is 1.83. The van der Waals surface area contributed by atoms with Crippen molar-refractivity contribution >= 4 is 11.7 Å². The molecule has 1 aliphatic heterocycles. The maximum atomic E-state index is 11.8. The van der Waals surface area contributed by atoms with Crippen molar-refractivity contribution in [3.8, 4) is 0 Å². The van der Waals surface area contributed by atoms with Crippen LogP contribution >= 0.6 is 0 Å². The number of rotatable bonds is 2. The molecule has 0 aromatic carbocycles. The summed E-state index contributed by atoms with van der Waals surface area (Å²) in [4.78, 5) is 13.3. The number of nitrogens with zero attached hydrogens (tertiary/aromatic N) is 3. The third-order valence-electron chi connectivity index (χ3n) is 3.30. The Kier molecular flexibility index (Phi) is 3.09. The first-order chi connectivity index (χ1) is 7.99. The second-order valence-corrected chi connectivity index (χ2v) is 5.18. The van der Waals surface area contributed by atoms with Gasteiger partial charge in [0, 0.05) is 33.3 Å². The minimum Gasteiger partial charge on any atom is -0.370 e. The van der Waals surface area contributed by atoms with E-state index in [1.54, 1.807) is 19.0 Å². The van der Waals surface area contributed by atoms with Gasteiger partial charge in [0.1, 0.15) is 5.82 Å². The molecule has 17 heavy (non-hydrogen) atoms. The molecule has 0 radical (unpaired) electrons. The number of amides is 1. The molecule has 1 aromatic heterocycles. The van der Waals surface area contributed by atoms with Crippen LogP contribution in [0.3, 0.4) is 0 Å². The Morgan fingerprint density at radius 3 is 2.88 bits per heavy atom. The van der Waals surface area contributed by atoms with Gasteiger partial charge in [0.05, 0.1) is 0 Å². The Hall–Kier alpha value is -1.52. The molecule has 5 heteroatoms. The second kappa shape index (κ2) is 4.39. The third-order valence-corrected chi connectivity index (χ3v) is 3.30. The molecule has 1 atom stereocenters. The standard InChI is InChI=1S/C12H20N4O/c1-8(2)9-6-13-11-5-10(12(17)15(3)4)14-16(11)7-9/h5,8-9,13H,6-7H2,1-4H3. The van der Waals surface area contributed by atoms with E-state index >= 15 is 0 Å². The van der Waals surface area contributed by atoms with Crippen LogP contribution in [-0.2, 0) is 6.54 Å². The van der Waals surface area contributed by atoms with Crippen LogP contribution in [0.15, 0.2) is 6.07 Å². The van der Waals surface area contributed by atoms with E-state index in [9.17, 15) is 4.79 Å². The predicted molar refractivity (Wildman–Crippen MR) is 67.1 cm³/mol. The Labute approximate surface area is 102 Å². The van der Waals surface area contributed by atoms with Crippen molar-refractivity contribution in [1.29, 1.82) is 0 Å². The number of carbonyl (C=O) groups excluding carboxylic acids is 1. The monoisotopic (exact) mass is 236 g/mol. The zero-order valence-corrected chi connectivity index (χ0v) is 10.9. The van der Waals surface area contributed by atoms with Crippen molar-refractivity contribution in [3.05, 3.63) is 11.8 Å². The fraction of sp³-hybridized carbons (Fsp3) is 0.667. The van der Waals surface area contributed by atoms with Gasteiger partial charge in [-0.25, -0.2) is 4.68 Å². The number of fused-ring (bicyclic) bond motifs is 1. The maximum absolute atomic E-state index is 11.8. The number of hydrogen-bond donors (Lipinski definition) is 1. The van der Waals surface area contributed by atoms with Crippen LogP contribution in [0.2, 0.25) is 0 Å². The zero-order valence-electron chi connectivity index (χ0n) is 10.9. The molecule has 1 amide bonds. The molecular formula is C12H20N4O. The first kappa shape index (κ1) is 12.0. The van der Waals surface area contributed by atoms with E-state index in [2.05, 4.69) is 24.3 Å². The Balaban J connectivity index is 2.20. The van der Waals surface area contributed by atoms with Crippen molar-refractivity contribution < 1.29 is 4.79 Å². The lowest BCUT2D eigenvalue weighted by Gasteiger charge is -2.27. The zero-order chi connectivity index (χ0) is 12.6. The van der Waals surface area contributed by atoms with Crippen molar-refractivity contribution in [2.24, 2.45) is 11.8 Å². The van der Waals surface area contributed by atoms with Crippen molar-refractivity contribution in [2.75, 3.05) is 26.0 Å². The van der Waals surface area contributed by atoms with Gasteiger partial charge < -0.3 is 10.2 Å². The van der Waals surface area contributed by atoms with Gasteiger partial charge in [-0.3, -0.25) is 4.79 Å². The van der Waals surface area contributed by atoms with E-state index in [0.29, 0.717) is 17.5 Å². The van der Waals surface area contributed by atoms with E-state index < -0.39 is 0 Å². The first-order valence-electron chi connectivity index (χ1n) is 6.02. The summed E-state index contributed by atoms with van der Waals surface area (Å²) in [5.74, 6) is 2.10. The lowest BCUT2D eigenvalue weighted by molar-refractivity contribution is 0.0820. The number of aromatic nitrogens is 2. The van der Waals surface area contributed by atoms with Gasteiger partial charge in [0.2, 0.25) is 0 Å². The number of hydrogen-bond acceptors (Lipinski definition) is 3. The summed E-state index contributed by atoms with van der Waals surface area (Å²) in [7, 11) is 3.48. The molecule has 1 aromatic rings. The minimum absolute atomic E-state index is 0.0465. The Morgan fingerprint density at radius 2 is 2.29 bits per heavy atom. The quantitative estimate of drug-likeness (QED) is 0.841. The van der Waals surface area contributed by atoms with Crippen LogP contribution in [0, 0.1) is 11.8 Å². The van der Waals surface area contributed by atoms with Crippen LogP contribution in [0.25, 0.3) is 0 Å². The normalized spacial score (nSPS) is 18.8. The average molecular weight is 236 g/mol. The number of anilines is 1. The van der Waals surface area contributed by atoms with Gasteiger partial charge in [-0.2, -0.15) is 5.10 Å². The first-order valence-corrected chi connectivity index (χ1v) is 6.02. The molecule has 0 saturated carbocycles. The lowest BCUT2D eigenvalue weighted by atomic mass is 9.95. The highest BCUT2D eigenvalue weighted by Gasteiger charge is 2.24. The summed E-state index contributed by atoms with van der Waals surface area (Å²) in [6.45, 7) is 6.28. The summed E-state index contributed by atoms with van der Waals surface area (Å²) >= 11 is 0. The van der Waals surface area contributed by atoms with Crippen molar-refractivity contribution in [2.45, 2.75) is 20.4 Å². The van der Waals surface area contributed by atoms with E-state index in [4.69, 9.17) is 0 Å². The van der Waals surface area contributed by atoms with Gasteiger partial charge in [-0.05, 0) is 11.8 Å². The van der Waals surface area contributed by atoms with Crippen LogP contribution in [0.4, 0.5) is 5.82 Å². The molecule has 0 fully saturated rings. The van der Waals surface area contributed by atoms with Crippen molar-refractivity contribution in [1.82, 2.24) is 14.7 Å². The highest BCUT2D eigenvalue weighted by atomic mass is 16.2. The molecule has 0 bridgehead atoms. The molecule has 0 aliphatic carbocycles. The maximum Gasteiger partial charge on any atom is 0.273 e. The largest absolute Gasteiger partial charge is 0.370 e. The van der Waals surface area contributed by atoms with E-state index in [1.807, 2.05) is 10.7 Å². The van der Waals surface area contributed by atoms with Crippen LogP contribution in [0.5, 0.6) is 0 Å². The van der Waals surface area contributed by atoms with Gasteiger partial charge in [-0.1, -0.05) is 13.8 Å². The van der Waals surface area contributed by atoms with Crippen LogP contribution < -0.4 is 5.32 Å². The van der Waals surface area contributed by atoms with Gasteiger partial charge >= 0.3 is 0 Å². The van der Waals surface area contributed by atoms with Gasteiger partial charge in [0.25, 0.3) is 5.91 Å². The third kappa shape index (κ3) is 2.28. The van der Waals surface area contributed by atoms with Crippen LogP contribution in [0.1, 0.15) is 24.3 Å². The summed E-state index contributed by atoms with van der Waals surface area (Å²) in [5.41, 5.74) is 0.516. The van der Waals surface area contributed by atoms with E-state index in [-0.39, 0.29) is 5.91 Å². The molecule has 1 N–H and O–H groups in total. The molecule has 2 heterocycles. The minimum atomic E-state index is -0.0465. The predicted octanol–water partition coefficient (Wildman–Crippen LogP) is 1.28. The molecule has 5 nitrogen and oxygen atoms in total. The van der Waals surface area contributed by atoms with Crippen LogP contribution in [-0.4, -0.2) is 41.2 Å². The summed E-state index contributed by atoms with van der Waals surface area (Å²) in [5, 5.41) is 7.71. The molecule has 94 valence electrons. The van der Waals surface area contributed by atoms with E-state index in [0.717, 1.165) is 18.9 Å². The number of carbonyl (C=O) groups is 1. The second-order valence-electron chi connectivity index (χ2n) is 5.18. The fourth-order valence-electron chi connectivity index (χ4n) is 2.00. The molecule has 0 saturated heterocycles. The molecule has 1 unspecified atom stereocenters. The average Bonchev–Trinajstić information content (AvgIpc) is 2.69. The Morgan fingerprint density at radius 1 is 1.59 bits per heavy atom. The molecule has 0 spiro atoms. The lowest BCUT2D eigenvalue weighted by Crippen LogP contribution is -2.31. The fourth-order valence-corrected chi connectivity index (χ4v) is 2.00. The van der Waals surface area contributed by atoms with E-state index in [1.165, 1.54) is 0 Å². The topological polar surface area (TPSA) is 50.2 Å². The smallest absolute Gasteiger partial charge is 0.273 e. The van der Waals surface area contributed by atoms with Crippen molar-refractivity contribution in [3.63, 3.8) is 0 Å². The number of nitrogens with one attached hydrogen (secondary N) is 1.